The van der Waals surface area contributed by atoms with Gasteiger partial charge in [-0.3, -0.25) is 4.79 Å². The molecule has 0 N–H and O–H groups in total. The molecule has 0 spiro atoms. The Labute approximate surface area is 264 Å². The number of nitrogens with zero attached hydrogens (tertiary/aromatic N) is 1. The Morgan fingerprint density at radius 1 is 0.548 bits per heavy atom. The summed E-state index contributed by atoms with van der Waals surface area (Å²) in [7, 11) is 4.23. The van der Waals surface area contributed by atoms with Crippen LogP contribution in [0.4, 0.5) is 0 Å². The van der Waals surface area contributed by atoms with Crippen molar-refractivity contribution in [3.8, 4) is 0 Å². The lowest BCUT2D eigenvalue weighted by Gasteiger charge is -2.27. The van der Waals surface area contributed by atoms with Crippen LogP contribution in [0.3, 0.4) is 0 Å². The fourth-order valence-electron chi connectivity index (χ4n) is 5.51. The summed E-state index contributed by atoms with van der Waals surface area (Å²) in [5.41, 5.74) is 0. The Hall–Kier alpha value is -1.35. The van der Waals surface area contributed by atoms with E-state index in [0.29, 0.717) is 12.3 Å². The van der Waals surface area contributed by atoms with Crippen molar-refractivity contribution in [3.05, 3.63) is 36.5 Å². The third-order valence-corrected chi connectivity index (χ3v) is 8.23. The van der Waals surface area contributed by atoms with Crippen molar-refractivity contribution >= 4 is 5.97 Å². The Morgan fingerprint density at radius 3 is 1.45 bits per heavy atom. The summed E-state index contributed by atoms with van der Waals surface area (Å²) in [6.45, 7) is 7.88. The SMILES string of the molecule is CCCCC/C=C\CCCC(CCC/C=C\CCCCC)C(CC/C=C\CCCCC)OC(=O)CCCCCN(C)C. The van der Waals surface area contributed by atoms with Crippen molar-refractivity contribution in [2.75, 3.05) is 20.6 Å². The highest BCUT2D eigenvalue weighted by atomic mass is 16.5. The fraction of sp³-hybridized carbons (Fsp3) is 0.821. The van der Waals surface area contributed by atoms with Crippen LogP contribution in [0, 0.1) is 5.92 Å². The Kier molecular flexibility index (Phi) is 31.5. The average Bonchev–Trinajstić information content (AvgIpc) is 2.97. The number of esters is 1. The zero-order chi connectivity index (χ0) is 30.9. The third kappa shape index (κ3) is 28.8. The van der Waals surface area contributed by atoms with Crippen LogP contribution in [0.1, 0.15) is 175 Å². The molecule has 0 aliphatic rings. The van der Waals surface area contributed by atoms with Crippen LogP contribution in [0.2, 0.25) is 0 Å². The second-order valence-electron chi connectivity index (χ2n) is 12.7. The number of allylic oxidation sites excluding steroid dienone is 6. The molecule has 3 nitrogen and oxygen atoms in total. The lowest BCUT2D eigenvalue weighted by molar-refractivity contribution is -0.152. The number of hydrogen-bond acceptors (Lipinski definition) is 3. The van der Waals surface area contributed by atoms with Crippen LogP contribution in [0.5, 0.6) is 0 Å². The molecule has 0 aromatic heterocycles. The molecule has 0 heterocycles. The normalized spacial score (nSPS) is 13.0. The first-order valence-electron chi connectivity index (χ1n) is 18.3. The van der Waals surface area contributed by atoms with Crippen molar-refractivity contribution in [2.45, 2.75) is 181 Å². The Morgan fingerprint density at radius 2 is 1.00 bits per heavy atom. The highest BCUT2D eigenvalue weighted by Crippen LogP contribution is 2.27. The molecule has 0 rings (SSSR count). The fourth-order valence-corrected chi connectivity index (χ4v) is 5.51. The van der Waals surface area contributed by atoms with Gasteiger partial charge >= 0.3 is 5.97 Å². The second kappa shape index (κ2) is 32.6. The van der Waals surface area contributed by atoms with E-state index in [4.69, 9.17) is 4.74 Å². The molecule has 0 aliphatic carbocycles. The molecule has 1 unspecified atom stereocenters. The van der Waals surface area contributed by atoms with Gasteiger partial charge in [0.05, 0.1) is 0 Å². The molecule has 0 aromatic rings. The lowest BCUT2D eigenvalue weighted by atomic mass is 9.88. The monoisotopic (exact) mass is 588 g/mol. The lowest BCUT2D eigenvalue weighted by Crippen LogP contribution is -2.27. The van der Waals surface area contributed by atoms with Gasteiger partial charge in [-0.15, -0.1) is 0 Å². The van der Waals surface area contributed by atoms with E-state index in [1.165, 1.54) is 89.9 Å². The van der Waals surface area contributed by atoms with Gasteiger partial charge in [0.1, 0.15) is 6.10 Å². The second-order valence-corrected chi connectivity index (χ2v) is 12.7. The third-order valence-electron chi connectivity index (χ3n) is 8.23. The van der Waals surface area contributed by atoms with Crippen LogP contribution in [-0.2, 0) is 9.53 Å². The molecular weight excluding hydrogens is 514 g/mol. The minimum Gasteiger partial charge on any atom is -0.462 e. The molecule has 0 amide bonds. The Bertz CT molecular complexity index is 625. The summed E-state index contributed by atoms with van der Waals surface area (Å²) in [6, 6.07) is 0. The number of carbonyl (C=O) groups excluding carboxylic acids is 1. The Balaban J connectivity index is 5.14. The van der Waals surface area contributed by atoms with Gasteiger partial charge in [-0.1, -0.05) is 102 Å². The van der Waals surface area contributed by atoms with Crippen LogP contribution < -0.4 is 0 Å². The van der Waals surface area contributed by atoms with E-state index in [2.05, 4.69) is 76.2 Å². The van der Waals surface area contributed by atoms with Crippen molar-refractivity contribution in [1.82, 2.24) is 4.90 Å². The number of unbranched alkanes of at least 4 members (excludes halogenated alkanes) is 13. The first kappa shape index (κ1) is 40.6. The molecule has 42 heavy (non-hydrogen) atoms. The van der Waals surface area contributed by atoms with Crippen LogP contribution in [0.25, 0.3) is 0 Å². The smallest absolute Gasteiger partial charge is 0.306 e. The van der Waals surface area contributed by atoms with E-state index >= 15 is 0 Å². The van der Waals surface area contributed by atoms with Crippen molar-refractivity contribution in [2.24, 2.45) is 5.92 Å². The molecule has 0 aliphatic heterocycles. The van der Waals surface area contributed by atoms with Crippen molar-refractivity contribution in [1.29, 1.82) is 0 Å². The average molecular weight is 588 g/mol. The van der Waals surface area contributed by atoms with Crippen LogP contribution in [0.15, 0.2) is 36.5 Å². The minimum absolute atomic E-state index is 0.0217. The van der Waals surface area contributed by atoms with Gasteiger partial charge in [-0.2, -0.15) is 0 Å². The molecule has 0 saturated carbocycles. The number of hydrogen-bond donors (Lipinski definition) is 0. The molecule has 1 atom stereocenters. The summed E-state index contributed by atoms with van der Waals surface area (Å²) >= 11 is 0. The first-order chi connectivity index (χ1) is 20.5. The van der Waals surface area contributed by atoms with E-state index in [1.807, 2.05) is 0 Å². The zero-order valence-corrected chi connectivity index (χ0v) is 29.1. The molecule has 0 aromatic carbocycles. The van der Waals surface area contributed by atoms with Gasteiger partial charge in [0, 0.05) is 6.42 Å². The van der Waals surface area contributed by atoms with E-state index < -0.39 is 0 Å². The standard InChI is InChI=1S/C39H73NO2/c1-6-9-12-15-18-21-23-27-32-37(33-28-24-22-19-16-13-10-7-2)38(34-29-25-20-17-14-11-8-3)42-39(41)35-30-26-31-36-40(4)5/h18-22,25,37-38H,6-17,23-24,26-36H2,1-5H3/b21-18-,22-19-,25-20-. The van der Waals surface area contributed by atoms with Gasteiger partial charge in [0.2, 0.25) is 0 Å². The predicted molar refractivity (Wildman–Crippen MR) is 187 cm³/mol. The maximum absolute atomic E-state index is 13.0. The van der Waals surface area contributed by atoms with Gasteiger partial charge < -0.3 is 9.64 Å². The summed E-state index contributed by atoms with van der Waals surface area (Å²) in [4.78, 5) is 15.2. The summed E-state index contributed by atoms with van der Waals surface area (Å²) in [6.07, 6.45) is 42.2. The molecule has 246 valence electrons. The predicted octanol–water partition coefficient (Wildman–Crippen LogP) is 12.2. The quantitative estimate of drug-likeness (QED) is 0.0459. The summed E-state index contributed by atoms with van der Waals surface area (Å²) < 4.78 is 6.31. The molecular formula is C39H73NO2. The van der Waals surface area contributed by atoms with Crippen LogP contribution >= 0.6 is 0 Å². The van der Waals surface area contributed by atoms with E-state index in [1.54, 1.807) is 0 Å². The summed E-state index contributed by atoms with van der Waals surface area (Å²) in [5.74, 6) is 0.478. The van der Waals surface area contributed by atoms with Gasteiger partial charge in [-0.25, -0.2) is 0 Å². The largest absolute Gasteiger partial charge is 0.462 e. The first-order valence-corrected chi connectivity index (χ1v) is 18.3. The number of rotatable bonds is 31. The molecule has 0 radical (unpaired) electrons. The van der Waals surface area contributed by atoms with Gasteiger partial charge in [-0.05, 0) is 129 Å². The van der Waals surface area contributed by atoms with Crippen molar-refractivity contribution in [3.63, 3.8) is 0 Å². The van der Waals surface area contributed by atoms with E-state index in [9.17, 15) is 4.79 Å². The van der Waals surface area contributed by atoms with E-state index in [-0.39, 0.29) is 12.1 Å². The number of carbonyl (C=O) groups is 1. The highest BCUT2D eigenvalue weighted by Gasteiger charge is 2.24. The zero-order valence-electron chi connectivity index (χ0n) is 29.1. The van der Waals surface area contributed by atoms with Gasteiger partial charge in [0.25, 0.3) is 0 Å². The number of ether oxygens (including phenoxy) is 1. The van der Waals surface area contributed by atoms with Crippen molar-refractivity contribution < 1.29 is 9.53 Å². The van der Waals surface area contributed by atoms with Gasteiger partial charge in [0.15, 0.2) is 0 Å². The minimum atomic E-state index is 0.0217. The maximum Gasteiger partial charge on any atom is 0.306 e. The maximum atomic E-state index is 13.0. The molecule has 0 bridgehead atoms. The molecule has 0 saturated heterocycles. The van der Waals surface area contributed by atoms with Crippen LogP contribution in [-0.4, -0.2) is 37.6 Å². The highest BCUT2D eigenvalue weighted by molar-refractivity contribution is 5.69. The van der Waals surface area contributed by atoms with E-state index in [0.717, 1.165) is 64.3 Å². The summed E-state index contributed by atoms with van der Waals surface area (Å²) in [5, 5.41) is 0. The molecule has 3 heteroatoms. The topological polar surface area (TPSA) is 29.5 Å². The molecule has 0 fully saturated rings.